The molecule has 0 atom stereocenters. The minimum absolute atomic E-state index is 0.540. The second-order valence-corrected chi connectivity index (χ2v) is 13.7. The smallest absolute Gasteiger partial charge is 0.238 e. The van der Waals surface area contributed by atoms with E-state index >= 15 is 0 Å². The van der Waals surface area contributed by atoms with Crippen LogP contribution in [0.15, 0.2) is 212 Å². The summed E-state index contributed by atoms with van der Waals surface area (Å²) in [6.45, 7) is 0. The zero-order valence-corrected chi connectivity index (χ0v) is 30.4. The first-order valence-corrected chi connectivity index (χ1v) is 18.8. The molecule has 0 aliphatic heterocycles. The van der Waals surface area contributed by atoms with Gasteiger partial charge < -0.3 is 4.57 Å². The third-order valence-corrected chi connectivity index (χ3v) is 10.2. The van der Waals surface area contributed by atoms with E-state index in [1.165, 1.54) is 22.1 Å². The van der Waals surface area contributed by atoms with Crippen LogP contribution in [0.5, 0.6) is 0 Å². The van der Waals surface area contributed by atoms with Crippen LogP contribution >= 0.6 is 0 Å². The molecule has 0 saturated carbocycles. The quantitative estimate of drug-likeness (QED) is 0.157. The van der Waals surface area contributed by atoms with Crippen LogP contribution < -0.4 is 4.90 Å². The molecule has 2 heterocycles. The van der Waals surface area contributed by atoms with E-state index in [0.29, 0.717) is 17.6 Å². The fourth-order valence-corrected chi connectivity index (χ4v) is 7.54. The molecule has 8 aromatic carbocycles. The van der Waals surface area contributed by atoms with Crippen LogP contribution in [0.4, 0.5) is 17.3 Å². The van der Waals surface area contributed by atoms with E-state index in [9.17, 15) is 0 Å². The Balaban J connectivity index is 1.12. The Kier molecular flexibility index (Phi) is 8.43. The van der Waals surface area contributed by atoms with Crippen LogP contribution in [0.2, 0.25) is 0 Å². The van der Waals surface area contributed by atoms with Crippen LogP contribution in [-0.4, -0.2) is 19.5 Å². The molecule has 10 aromatic rings. The minimum Gasteiger partial charge on any atom is -0.309 e. The molecule has 10 rings (SSSR count). The summed E-state index contributed by atoms with van der Waals surface area (Å²) in [5.74, 6) is 1.77. The molecule has 0 fully saturated rings. The SMILES string of the molecule is c1ccc(-c2ccc(-c3cccc(-n4c5ccccc5c5cc(N(c6ccccc6)c6nc(-c7ccccc7)nc(-c7ccccc7)n6)ccc54)c3)cc2)cc1. The lowest BCUT2D eigenvalue weighted by Crippen LogP contribution is -2.15. The van der Waals surface area contributed by atoms with Gasteiger partial charge in [-0.1, -0.05) is 164 Å². The van der Waals surface area contributed by atoms with Crippen molar-refractivity contribution in [3.63, 3.8) is 0 Å². The number of nitrogens with zero attached hydrogens (tertiary/aromatic N) is 5. The fraction of sp³-hybridized carbons (Fsp3) is 0. The molecule has 0 amide bonds. The Morgan fingerprint density at radius 2 is 0.821 bits per heavy atom. The molecule has 5 nitrogen and oxygen atoms in total. The first-order valence-electron chi connectivity index (χ1n) is 18.8. The zero-order chi connectivity index (χ0) is 37.3. The summed E-state index contributed by atoms with van der Waals surface area (Å²) in [5, 5.41) is 2.30. The van der Waals surface area contributed by atoms with Gasteiger partial charge in [-0.05, 0) is 70.8 Å². The normalized spacial score (nSPS) is 11.2. The minimum atomic E-state index is 0.540. The standard InChI is InChI=1S/C51H35N5/c1-5-16-36(17-6-1)37-28-30-38(31-29-37)41-22-15-25-43(34-41)56-47-27-14-13-26-45(47)46-35-44(32-33-48(46)56)55(42-23-11-4-12-24-42)51-53-49(39-18-7-2-8-19-39)52-50(54-51)40-20-9-3-10-21-40/h1-35H. The molecule has 0 aliphatic carbocycles. The molecule has 0 saturated heterocycles. The van der Waals surface area contributed by atoms with Gasteiger partial charge >= 0.3 is 0 Å². The summed E-state index contributed by atoms with van der Waals surface area (Å²) in [6.07, 6.45) is 0. The van der Waals surface area contributed by atoms with Crippen molar-refractivity contribution in [3.8, 4) is 50.7 Å². The Hall–Kier alpha value is -7.63. The van der Waals surface area contributed by atoms with Crippen LogP contribution in [0, 0.1) is 0 Å². The van der Waals surface area contributed by atoms with E-state index in [1.807, 2.05) is 78.9 Å². The number of hydrogen-bond acceptors (Lipinski definition) is 4. The van der Waals surface area contributed by atoms with Crippen LogP contribution in [0.1, 0.15) is 0 Å². The monoisotopic (exact) mass is 717 g/mol. The van der Waals surface area contributed by atoms with Gasteiger partial charge in [0.1, 0.15) is 0 Å². The predicted molar refractivity (Wildman–Crippen MR) is 231 cm³/mol. The number of rotatable bonds is 8. The van der Waals surface area contributed by atoms with Crippen molar-refractivity contribution < 1.29 is 0 Å². The van der Waals surface area contributed by atoms with Crippen molar-refractivity contribution in [2.75, 3.05) is 4.90 Å². The summed E-state index contributed by atoms with van der Waals surface area (Å²) in [7, 11) is 0. The predicted octanol–water partition coefficient (Wildman–Crippen LogP) is 13.1. The highest BCUT2D eigenvalue weighted by Crippen LogP contribution is 2.40. The third-order valence-electron chi connectivity index (χ3n) is 10.2. The summed E-state index contributed by atoms with van der Waals surface area (Å²) in [5.41, 5.74) is 11.9. The lowest BCUT2D eigenvalue weighted by molar-refractivity contribution is 1.02. The molecule has 0 N–H and O–H groups in total. The third kappa shape index (κ3) is 6.17. The van der Waals surface area contributed by atoms with Crippen molar-refractivity contribution in [3.05, 3.63) is 212 Å². The second-order valence-electron chi connectivity index (χ2n) is 13.7. The molecule has 5 heteroatoms. The Bertz CT molecular complexity index is 2880. The molecule has 0 radical (unpaired) electrons. The summed E-state index contributed by atoms with van der Waals surface area (Å²) >= 11 is 0. The summed E-state index contributed by atoms with van der Waals surface area (Å²) in [4.78, 5) is 17.4. The number of para-hydroxylation sites is 2. The van der Waals surface area contributed by atoms with E-state index in [2.05, 4.69) is 143 Å². The molecule has 0 spiro atoms. The van der Waals surface area contributed by atoms with Crippen LogP contribution in [-0.2, 0) is 0 Å². The Labute approximate surface area is 325 Å². The lowest BCUT2D eigenvalue weighted by Gasteiger charge is -2.24. The highest BCUT2D eigenvalue weighted by Gasteiger charge is 2.21. The van der Waals surface area contributed by atoms with Crippen molar-refractivity contribution in [1.82, 2.24) is 19.5 Å². The second kappa shape index (κ2) is 14.3. The van der Waals surface area contributed by atoms with Gasteiger partial charge in [0.25, 0.3) is 0 Å². The van der Waals surface area contributed by atoms with Crippen molar-refractivity contribution in [2.45, 2.75) is 0 Å². The summed E-state index contributed by atoms with van der Waals surface area (Å²) < 4.78 is 2.37. The van der Waals surface area contributed by atoms with Crippen molar-refractivity contribution in [1.29, 1.82) is 0 Å². The van der Waals surface area contributed by atoms with Crippen LogP contribution in [0.3, 0.4) is 0 Å². The molecule has 2 aromatic heterocycles. The fourth-order valence-electron chi connectivity index (χ4n) is 7.54. The maximum Gasteiger partial charge on any atom is 0.238 e. The molecule has 0 bridgehead atoms. The highest BCUT2D eigenvalue weighted by atomic mass is 15.3. The molecular weight excluding hydrogens is 683 g/mol. The maximum absolute atomic E-state index is 5.14. The van der Waals surface area contributed by atoms with Gasteiger partial charge in [-0.25, -0.2) is 4.98 Å². The molecule has 0 aliphatic rings. The van der Waals surface area contributed by atoms with Crippen molar-refractivity contribution in [2.24, 2.45) is 0 Å². The number of aromatic nitrogens is 4. The van der Waals surface area contributed by atoms with Gasteiger partial charge in [-0.2, -0.15) is 9.97 Å². The summed E-state index contributed by atoms with van der Waals surface area (Å²) in [6, 6.07) is 74.0. The first-order chi connectivity index (χ1) is 27.8. The van der Waals surface area contributed by atoms with Gasteiger partial charge in [0, 0.05) is 39.0 Å². The van der Waals surface area contributed by atoms with Gasteiger partial charge in [0.2, 0.25) is 5.95 Å². The molecule has 56 heavy (non-hydrogen) atoms. The first kappa shape index (κ1) is 33.0. The average Bonchev–Trinajstić information content (AvgIpc) is 3.61. The largest absolute Gasteiger partial charge is 0.309 e. The van der Waals surface area contributed by atoms with Gasteiger partial charge in [0.05, 0.1) is 11.0 Å². The number of hydrogen-bond donors (Lipinski definition) is 0. The van der Waals surface area contributed by atoms with Crippen LogP contribution in [0.25, 0.3) is 72.5 Å². The Morgan fingerprint density at radius 1 is 0.321 bits per heavy atom. The lowest BCUT2D eigenvalue weighted by atomic mass is 10.00. The maximum atomic E-state index is 5.14. The number of benzene rings is 8. The van der Waals surface area contributed by atoms with Crippen molar-refractivity contribution >= 4 is 39.1 Å². The van der Waals surface area contributed by atoms with Gasteiger partial charge in [0.15, 0.2) is 11.6 Å². The molecule has 0 unspecified atom stereocenters. The van der Waals surface area contributed by atoms with E-state index < -0.39 is 0 Å². The topological polar surface area (TPSA) is 46.8 Å². The number of anilines is 3. The zero-order valence-electron chi connectivity index (χ0n) is 30.4. The molecular formula is C51H35N5. The average molecular weight is 718 g/mol. The molecule has 264 valence electrons. The van der Waals surface area contributed by atoms with E-state index in [1.54, 1.807) is 0 Å². The van der Waals surface area contributed by atoms with E-state index in [4.69, 9.17) is 15.0 Å². The Morgan fingerprint density at radius 3 is 1.46 bits per heavy atom. The van der Waals surface area contributed by atoms with E-state index in [-0.39, 0.29) is 0 Å². The van der Waals surface area contributed by atoms with Gasteiger partial charge in [-0.15, -0.1) is 0 Å². The van der Waals surface area contributed by atoms with E-state index in [0.717, 1.165) is 50.2 Å². The number of fused-ring (bicyclic) bond motifs is 3. The van der Waals surface area contributed by atoms with Gasteiger partial charge in [-0.3, -0.25) is 4.90 Å². The highest BCUT2D eigenvalue weighted by molar-refractivity contribution is 6.10.